The fourth-order valence-corrected chi connectivity index (χ4v) is 3.08. The molecule has 0 aliphatic heterocycles. The Bertz CT molecular complexity index is 690. The molecule has 1 aromatic carbocycles. The van der Waals surface area contributed by atoms with E-state index in [1.807, 2.05) is 24.3 Å². The Labute approximate surface area is 150 Å². The number of aromatic nitrogens is 1. The van der Waals surface area contributed by atoms with Crippen molar-refractivity contribution in [1.82, 2.24) is 9.88 Å². The zero-order valence-corrected chi connectivity index (χ0v) is 15.6. The first kappa shape index (κ1) is 18.2. The topological polar surface area (TPSA) is 45.2 Å². The summed E-state index contributed by atoms with van der Waals surface area (Å²) in [5.41, 5.74) is 1.50. The van der Waals surface area contributed by atoms with Gasteiger partial charge in [0, 0.05) is 16.9 Å². The number of likely N-dealkylation sites (N-methyl/N-ethyl adjacent to an activating group) is 1. The maximum Gasteiger partial charge on any atom is 0.241 e. The van der Waals surface area contributed by atoms with E-state index >= 15 is 0 Å². The van der Waals surface area contributed by atoms with Gasteiger partial charge in [-0.15, -0.1) is 11.3 Å². The van der Waals surface area contributed by atoms with Crippen LogP contribution in [0.4, 0.5) is 5.69 Å². The van der Waals surface area contributed by atoms with Crippen LogP contribution in [0.1, 0.15) is 24.5 Å². The first-order valence-corrected chi connectivity index (χ1v) is 8.93. The number of carbonyl (C=O) groups is 1. The molecule has 124 valence electrons. The summed E-state index contributed by atoms with van der Waals surface area (Å²) in [6.07, 6.45) is 0.928. The number of hydrogen-bond acceptors (Lipinski definition) is 4. The van der Waals surface area contributed by atoms with Gasteiger partial charge in [0.15, 0.2) is 0 Å². The van der Waals surface area contributed by atoms with E-state index in [2.05, 4.69) is 17.2 Å². The highest BCUT2D eigenvalue weighted by molar-refractivity contribution is 7.09. The molecule has 1 heterocycles. The molecule has 0 aliphatic rings. The number of thiazole rings is 1. The minimum absolute atomic E-state index is 0.136. The van der Waals surface area contributed by atoms with E-state index < -0.39 is 0 Å². The smallest absolute Gasteiger partial charge is 0.241 e. The molecule has 2 aromatic rings. The number of carbonyl (C=O) groups excluding carboxylic acids is 1. The van der Waals surface area contributed by atoms with Crippen molar-refractivity contribution in [2.24, 2.45) is 0 Å². The molecular weight excluding hydrogens is 353 g/mol. The molecule has 23 heavy (non-hydrogen) atoms. The third kappa shape index (κ3) is 4.91. The van der Waals surface area contributed by atoms with Crippen molar-refractivity contribution in [3.05, 3.63) is 44.3 Å². The standard InChI is InChI=1S/C16H19Cl2N3OS/c1-4-15-19-12(9-23-15)8-21(3)10(2)16(22)20-14-7-11(17)5-6-13(14)18/h5-7,9-10H,4,8H2,1-3H3,(H,20,22). The second kappa shape index (κ2) is 8.11. The summed E-state index contributed by atoms with van der Waals surface area (Å²) in [5.74, 6) is -0.136. The van der Waals surface area contributed by atoms with E-state index in [1.165, 1.54) is 0 Å². The van der Waals surface area contributed by atoms with Gasteiger partial charge in [0.25, 0.3) is 0 Å². The predicted molar refractivity (Wildman–Crippen MR) is 97.5 cm³/mol. The minimum atomic E-state index is -0.322. The largest absolute Gasteiger partial charge is 0.323 e. The van der Waals surface area contributed by atoms with Crippen molar-refractivity contribution in [1.29, 1.82) is 0 Å². The zero-order chi connectivity index (χ0) is 17.0. The molecule has 0 saturated carbocycles. The monoisotopic (exact) mass is 371 g/mol. The van der Waals surface area contributed by atoms with Crippen LogP contribution in [0.5, 0.6) is 0 Å². The van der Waals surface area contributed by atoms with Gasteiger partial charge in [0.1, 0.15) is 0 Å². The number of anilines is 1. The molecule has 1 amide bonds. The fraction of sp³-hybridized carbons (Fsp3) is 0.375. The van der Waals surface area contributed by atoms with Gasteiger partial charge in [-0.25, -0.2) is 4.98 Å². The zero-order valence-electron chi connectivity index (χ0n) is 13.3. The number of amides is 1. The number of benzene rings is 1. The molecule has 0 aliphatic carbocycles. The summed E-state index contributed by atoms with van der Waals surface area (Å²) in [4.78, 5) is 18.9. The van der Waals surface area contributed by atoms with Gasteiger partial charge in [-0.3, -0.25) is 9.69 Å². The van der Waals surface area contributed by atoms with Crippen molar-refractivity contribution in [3.63, 3.8) is 0 Å². The third-order valence-electron chi connectivity index (χ3n) is 3.54. The molecular formula is C16H19Cl2N3OS. The van der Waals surface area contributed by atoms with E-state index in [0.717, 1.165) is 17.1 Å². The summed E-state index contributed by atoms with van der Waals surface area (Å²) in [6.45, 7) is 4.55. The molecule has 1 N–H and O–H groups in total. The van der Waals surface area contributed by atoms with Crippen molar-refractivity contribution < 1.29 is 4.79 Å². The van der Waals surface area contributed by atoms with E-state index in [-0.39, 0.29) is 11.9 Å². The molecule has 2 rings (SSSR count). The van der Waals surface area contributed by atoms with Crippen LogP contribution in [0, 0.1) is 0 Å². The maximum absolute atomic E-state index is 12.4. The number of nitrogens with one attached hydrogen (secondary N) is 1. The second-order valence-corrected chi connectivity index (χ2v) is 7.08. The molecule has 0 radical (unpaired) electrons. The predicted octanol–water partition coefficient (Wildman–Crippen LogP) is 4.47. The van der Waals surface area contributed by atoms with E-state index in [0.29, 0.717) is 22.3 Å². The van der Waals surface area contributed by atoms with Crippen molar-refractivity contribution >= 4 is 46.1 Å². The third-order valence-corrected chi connectivity index (χ3v) is 5.15. The first-order valence-electron chi connectivity index (χ1n) is 7.30. The van der Waals surface area contributed by atoms with E-state index in [4.69, 9.17) is 23.2 Å². The van der Waals surface area contributed by atoms with Gasteiger partial charge in [-0.05, 0) is 38.6 Å². The van der Waals surface area contributed by atoms with Crippen molar-refractivity contribution in [3.8, 4) is 0 Å². The highest BCUT2D eigenvalue weighted by Crippen LogP contribution is 2.25. The molecule has 0 spiro atoms. The number of hydrogen-bond donors (Lipinski definition) is 1. The van der Waals surface area contributed by atoms with Crippen LogP contribution < -0.4 is 5.32 Å². The van der Waals surface area contributed by atoms with Crippen LogP contribution in [0.25, 0.3) is 0 Å². The normalized spacial score (nSPS) is 12.4. The molecule has 0 saturated heterocycles. The lowest BCUT2D eigenvalue weighted by Gasteiger charge is -2.23. The van der Waals surface area contributed by atoms with Gasteiger partial charge < -0.3 is 5.32 Å². The van der Waals surface area contributed by atoms with E-state index in [1.54, 1.807) is 29.5 Å². The van der Waals surface area contributed by atoms with Gasteiger partial charge in [0.2, 0.25) is 5.91 Å². The summed E-state index contributed by atoms with van der Waals surface area (Å²) in [6, 6.07) is 4.66. The number of halogens is 2. The molecule has 0 fully saturated rings. The Kier molecular flexibility index (Phi) is 6.41. The maximum atomic E-state index is 12.4. The summed E-state index contributed by atoms with van der Waals surface area (Å²) in [7, 11) is 1.90. The van der Waals surface area contributed by atoms with Crippen LogP contribution in [-0.2, 0) is 17.8 Å². The minimum Gasteiger partial charge on any atom is -0.323 e. The summed E-state index contributed by atoms with van der Waals surface area (Å²) >= 11 is 13.7. The van der Waals surface area contributed by atoms with Gasteiger partial charge in [-0.2, -0.15) is 0 Å². The first-order chi connectivity index (χ1) is 10.9. The lowest BCUT2D eigenvalue weighted by Crippen LogP contribution is -2.39. The molecule has 1 aromatic heterocycles. The Balaban J connectivity index is 1.99. The van der Waals surface area contributed by atoms with Crippen LogP contribution >= 0.6 is 34.5 Å². The van der Waals surface area contributed by atoms with Crippen LogP contribution in [-0.4, -0.2) is 28.9 Å². The SMILES string of the molecule is CCc1nc(CN(C)C(C)C(=O)Nc2cc(Cl)ccc2Cl)cs1. The average molecular weight is 372 g/mol. The van der Waals surface area contributed by atoms with Crippen molar-refractivity contribution in [2.45, 2.75) is 32.9 Å². The van der Waals surface area contributed by atoms with Crippen molar-refractivity contribution in [2.75, 3.05) is 12.4 Å². The van der Waals surface area contributed by atoms with Gasteiger partial charge in [-0.1, -0.05) is 30.1 Å². The lowest BCUT2D eigenvalue weighted by molar-refractivity contribution is -0.120. The highest BCUT2D eigenvalue weighted by atomic mass is 35.5. The molecule has 0 bridgehead atoms. The fourth-order valence-electron chi connectivity index (χ4n) is 2.01. The lowest BCUT2D eigenvalue weighted by atomic mass is 10.2. The molecule has 4 nitrogen and oxygen atoms in total. The Morgan fingerprint density at radius 3 is 2.83 bits per heavy atom. The molecule has 1 unspecified atom stereocenters. The molecule has 7 heteroatoms. The van der Waals surface area contributed by atoms with Gasteiger partial charge in [0.05, 0.1) is 27.5 Å². The van der Waals surface area contributed by atoms with Gasteiger partial charge >= 0.3 is 0 Å². The second-order valence-electron chi connectivity index (χ2n) is 5.29. The number of rotatable bonds is 6. The Morgan fingerprint density at radius 2 is 2.17 bits per heavy atom. The van der Waals surface area contributed by atoms with E-state index in [9.17, 15) is 4.79 Å². The number of aryl methyl sites for hydroxylation is 1. The quantitative estimate of drug-likeness (QED) is 0.814. The van der Waals surface area contributed by atoms with Crippen LogP contribution in [0.15, 0.2) is 23.6 Å². The van der Waals surface area contributed by atoms with Crippen LogP contribution in [0.3, 0.4) is 0 Å². The molecule has 1 atom stereocenters. The Morgan fingerprint density at radius 1 is 1.43 bits per heavy atom. The summed E-state index contributed by atoms with van der Waals surface area (Å²) < 4.78 is 0. The highest BCUT2D eigenvalue weighted by Gasteiger charge is 2.20. The number of nitrogens with zero attached hydrogens (tertiary/aromatic N) is 2. The Hall–Kier alpha value is -1.14. The summed E-state index contributed by atoms with van der Waals surface area (Å²) in [5, 5.41) is 6.95. The van der Waals surface area contributed by atoms with Crippen LogP contribution in [0.2, 0.25) is 10.0 Å². The average Bonchev–Trinajstić information content (AvgIpc) is 2.97.